The average Bonchev–Trinajstić information content (AvgIpc) is 2.57. The van der Waals surface area contributed by atoms with Crippen molar-refractivity contribution in [3.63, 3.8) is 0 Å². The fourth-order valence-corrected chi connectivity index (χ4v) is 1.81. The Morgan fingerprint density at radius 1 is 1.35 bits per heavy atom. The predicted molar refractivity (Wildman–Crippen MR) is 52.5 cm³/mol. The molecule has 0 spiro atoms. The normalized spacial score (nSPS) is 18.6. The lowest BCUT2D eigenvalue weighted by molar-refractivity contribution is -0.190. The van der Waals surface area contributed by atoms with Gasteiger partial charge in [-0.15, -0.1) is 0 Å². The molecule has 1 saturated heterocycles. The number of ether oxygens (including phenoxy) is 2. The number of alkyl halides is 3. The molecule has 1 aliphatic rings. The molecule has 1 aliphatic heterocycles. The summed E-state index contributed by atoms with van der Waals surface area (Å²) in [6, 6.07) is 0. The Morgan fingerprint density at radius 2 is 1.94 bits per heavy atom. The highest BCUT2D eigenvalue weighted by Crippen LogP contribution is 2.39. The summed E-state index contributed by atoms with van der Waals surface area (Å²) in [7, 11) is 1.34. The van der Waals surface area contributed by atoms with Crippen molar-refractivity contribution in [3.05, 3.63) is 16.4 Å². The van der Waals surface area contributed by atoms with Crippen LogP contribution in [-0.4, -0.2) is 23.0 Å². The molecule has 4 nitrogen and oxygen atoms in total. The van der Waals surface area contributed by atoms with Crippen molar-refractivity contribution in [2.45, 2.75) is 18.9 Å². The number of hydrogen-bond donors (Lipinski definition) is 0. The third-order valence-corrected chi connectivity index (χ3v) is 2.79. The molecule has 0 aliphatic carbocycles. The lowest BCUT2D eigenvalue weighted by Gasteiger charge is -2.23. The highest BCUT2D eigenvalue weighted by molar-refractivity contribution is 6.30. The SMILES string of the molecule is Cn1nc(C(F)(F)F)c(C2OCCCO2)c1Cl. The summed E-state index contributed by atoms with van der Waals surface area (Å²) in [5.41, 5.74) is -1.31. The van der Waals surface area contributed by atoms with E-state index in [0.717, 1.165) is 4.68 Å². The highest BCUT2D eigenvalue weighted by atomic mass is 35.5. The smallest absolute Gasteiger partial charge is 0.348 e. The van der Waals surface area contributed by atoms with Crippen molar-refractivity contribution in [1.82, 2.24) is 9.78 Å². The lowest BCUT2D eigenvalue weighted by Crippen LogP contribution is -2.21. The Labute approximate surface area is 100 Å². The molecule has 0 unspecified atom stereocenters. The van der Waals surface area contributed by atoms with E-state index in [0.29, 0.717) is 19.6 Å². The van der Waals surface area contributed by atoms with E-state index >= 15 is 0 Å². The number of hydrogen-bond acceptors (Lipinski definition) is 3. The van der Waals surface area contributed by atoms with Crippen LogP contribution in [0.3, 0.4) is 0 Å². The minimum Gasteiger partial charge on any atom is -0.348 e. The van der Waals surface area contributed by atoms with Crippen LogP contribution in [0.1, 0.15) is 24.0 Å². The van der Waals surface area contributed by atoms with Crippen molar-refractivity contribution in [3.8, 4) is 0 Å². The van der Waals surface area contributed by atoms with Gasteiger partial charge in [0.25, 0.3) is 0 Å². The van der Waals surface area contributed by atoms with Gasteiger partial charge in [-0.05, 0) is 6.42 Å². The van der Waals surface area contributed by atoms with E-state index in [2.05, 4.69) is 5.10 Å². The Balaban J connectivity index is 2.43. The van der Waals surface area contributed by atoms with Crippen LogP contribution in [0.25, 0.3) is 0 Å². The van der Waals surface area contributed by atoms with Crippen LogP contribution in [0.15, 0.2) is 0 Å². The van der Waals surface area contributed by atoms with Crippen molar-refractivity contribution in [1.29, 1.82) is 0 Å². The first-order chi connectivity index (χ1) is 7.91. The van der Waals surface area contributed by atoms with E-state index in [1.54, 1.807) is 0 Å². The van der Waals surface area contributed by atoms with Gasteiger partial charge in [-0.25, -0.2) is 0 Å². The molecular formula is C9H10ClF3N2O2. The van der Waals surface area contributed by atoms with E-state index < -0.39 is 18.2 Å². The molecule has 17 heavy (non-hydrogen) atoms. The van der Waals surface area contributed by atoms with Gasteiger partial charge in [0.1, 0.15) is 5.15 Å². The van der Waals surface area contributed by atoms with Gasteiger partial charge in [-0.1, -0.05) is 11.6 Å². The third kappa shape index (κ3) is 2.41. The average molecular weight is 271 g/mol. The number of halogens is 4. The molecule has 0 saturated carbocycles. The van der Waals surface area contributed by atoms with Crippen LogP contribution < -0.4 is 0 Å². The maximum atomic E-state index is 12.8. The zero-order chi connectivity index (χ0) is 12.6. The van der Waals surface area contributed by atoms with Crippen molar-refractivity contribution in [2.75, 3.05) is 13.2 Å². The fourth-order valence-electron chi connectivity index (χ4n) is 1.59. The van der Waals surface area contributed by atoms with Crippen LogP contribution in [0.2, 0.25) is 5.15 Å². The number of nitrogens with zero attached hydrogens (tertiary/aromatic N) is 2. The summed E-state index contributed by atoms with van der Waals surface area (Å²) < 4.78 is 49.5. The summed E-state index contributed by atoms with van der Waals surface area (Å²) in [5.74, 6) is 0. The summed E-state index contributed by atoms with van der Waals surface area (Å²) in [6.45, 7) is 0.681. The van der Waals surface area contributed by atoms with E-state index in [1.165, 1.54) is 7.05 Å². The van der Waals surface area contributed by atoms with Gasteiger partial charge in [-0.3, -0.25) is 4.68 Å². The summed E-state index contributed by atoms with van der Waals surface area (Å²) in [4.78, 5) is 0. The van der Waals surface area contributed by atoms with Crippen molar-refractivity contribution >= 4 is 11.6 Å². The van der Waals surface area contributed by atoms with Crippen molar-refractivity contribution < 1.29 is 22.6 Å². The number of aryl methyl sites for hydroxylation is 1. The van der Waals surface area contributed by atoms with E-state index in [4.69, 9.17) is 21.1 Å². The minimum atomic E-state index is -4.58. The van der Waals surface area contributed by atoms with E-state index in [-0.39, 0.29) is 10.7 Å². The molecule has 0 bridgehead atoms. The minimum absolute atomic E-state index is 0.121. The Bertz CT molecular complexity index is 413. The molecule has 2 rings (SSSR count). The standard InChI is InChI=1S/C9H10ClF3N2O2/c1-15-7(10)5(6(14-15)9(11,12)13)8-16-3-2-4-17-8/h8H,2-4H2,1H3. The Morgan fingerprint density at radius 3 is 2.47 bits per heavy atom. The monoisotopic (exact) mass is 270 g/mol. The molecule has 2 heterocycles. The zero-order valence-corrected chi connectivity index (χ0v) is 9.68. The summed E-state index contributed by atoms with van der Waals surface area (Å²) in [6.07, 6.45) is -5.03. The van der Waals surface area contributed by atoms with Gasteiger partial charge in [0, 0.05) is 7.05 Å². The molecule has 0 atom stereocenters. The van der Waals surface area contributed by atoms with Gasteiger partial charge in [0.15, 0.2) is 12.0 Å². The van der Waals surface area contributed by atoms with Crippen LogP contribution in [-0.2, 0) is 22.7 Å². The molecule has 1 aromatic rings. The predicted octanol–water partition coefficient (Wildman–Crippen LogP) is 2.53. The van der Waals surface area contributed by atoms with Crippen LogP contribution in [0, 0.1) is 0 Å². The molecule has 0 N–H and O–H groups in total. The molecule has 1 fully saturated rings. The maximum Gasteiger partial charge on any atom is 0.435 e. The Hall–Kier alpha value is -0.790. The topological polar surface area (TPSA) is 36.3 Å². The molecule has 0 aromatic carbocycles. The third-order valence-electron chi connectivity index (χ3n) is 2.34. The van der Waals surface area contributed by atoms with E-state index in [1.807, 2.05) is 0 Å². The summed E-state index contributed by atoms with van der Waals surface area (Å²) >= 11 is 5.79. The molecule has 1 aromatic heterocycles. The first-order valence-corrected chi connectivity index (χ1v) is 5.32. The van der Waals surface area contributed by atoms with Gasteiger partial charge >= 0.3 is 6.18 Å². The van der Waals surface area contributed by atoms with E-state index in [9.17, 15) is 13.2 Å². The van der Waals surface area contributed by atoms with Crippen LogP contribution in [0.5, 0.6) is 0 Å². The molecule has 8 heteroatoms. The molecule has 0 amide bonds. The second kappa shape index (κ2) is 4.47. The van der Waals surface area contributed by atoms with Gasteiger partial charge < -0.3 is 9.47 Å². The maximum absolute atomic E-state index is 12.8. The molecular weight excluding hydrogens is 261 g/mol. The highest BCUT2D eigenvalue weighted by Gasteiger charge is 2.42. The van der Waals surface area contributed by atoms with Crippen LogP contribution >= 0.6 is 11.6 Å². The quantitative estimate of drug-likeness (QED) is 0.787. The zero-order valence-electron chi connectivity index (χ0n) is 8.92. The van der Waals surface area contributed by atoms with Crippen molar-refractivity contribution in [2.24, 2.45) is 7.05 Å². The Kier molecular flexibility index (Phi) is 3.33. The first kappa shape index (κ1) is 12.7. The second-order valence-electron chi connectivity index (χ2n) is 3.60. The first-order valence-electron chi connectivity index (χ1n) is 4.94. The van der Waals surface area contributed by atoms with Gasteiger partial charge in [0.05, 0.1) is 18.8 Å². The number of aromatic nitrogens is 2. The number of rotatable bonds is 1. The molecule has 0 radical (unpaired) electrons. The fraction of sp³-hybridized carbons (Fsp3) is 0.667. The summed E-state index contributed by atoms with van der Waals surface area (Å²) in [5, 5.41) is 3.24. The van der Waals surface area contributed by atoms with Gasteiger partial charge in [-0.2, -0.15) is 18.3 Å². The largest absolute Gasteiger partial charge is 0.435 e. The second-order valence-corrected chi connectivity index (χ2v) is 3.96. The van der Waals surface area contributed by atoms with Gasteiger partial charge in [0.2, 0.25) is 0 Å². The van der Waals surface area contributed by atoms with Crippen LogP contribution in [0.4, 0.5) is 13.2 Å². The lowest BCUT2D eigenvalue weighted by atomic mass is 10.2. The molecule has 96 valence electrons.